The van der Waals surface area contributed by atoms with Crippen molar-refractivity contribution in [3.05, 3.63) is 11.8 Å². The second-order valence-corrected chi connectivity index (χ2v) is 4.08. The predicted octanol–water partition coefficient (Wildman–Crippen LogP) is 1.56. The van der Waals surface area contributed by atoms with Crippen LogP contribution in [0.4, 0.5) is 0 Å². The lowest BCUT2D eigenvalue weighted by molar-refractivity contribution is -0.117. The molecule has 0 saturated heterocycles. The Bertz CT molecular complexity index is 276. The van der Waals surface area contributed by atoms with Gasteiger partial charge in [0.2, 0.25) is 0 Å². The SMILES string of the molecule is CCCCNC(=O)/C(C#N)=C\NCC(C)C. The van der Waals surface area contributed by atoms with Crippen LogP contribution in [0.15, 0.2) is 11.8 Å². The number of unbranched alkanes of at least 4 members (excludes halogenated alkanes) is 1. The van der Waals surface area contributed by atoms with E-state index < -0.39 is 0 Å². The number of hydrogen-bond donors (Lipinski definition) is 2. The van der Waals surface area contributed by atoms with E-state index in [-0.39, 0.29) is 11.5 Å². The third kappa shape index (κ3) is 6.88. The monoisotopic (exact) mass is 223 g/mol. The molecule has 0 spiro atoms. The maximum atomic E-state index is 11.5. The molecule has 0 unspecified atom stereocenters. The molecule has 90 valence electrons. The first kappa shape index (κ1) is 14.5. The predicted molar refractivity (Wildman–Crippen MR) is 64.5 cm³/mol. The van der Waals surface area contributed by atoms with Crippen molar-refractivity contribution in [2.75, 3.05) is 13.1 Å². The molecule has 0 aromatic heterocycles. The fourth-order valence-electron chi connectivity index (χ4n) is 1.02. The largest absolute Gasteiger partial charge is 0.389 e. The minimum absolute atomic E-state index is 0.136. The van der Waals surface area contributed by atoms with Crippen LogP contribution in [0.3, 0.4) is 0 Å². The zero-order valence-corrected chi connectivity index (χ0v) is 10.3. The van der Waals surface area contributed by atoms with E-state index in [4.69, 9.17) is 5.26 Å². The number of amides is 1. The van der Waals surface area contributed by atoms with Crippen molar-refractivity contribution >= 4 is 5.91 Å². The lowest BCUT2D eigenvalue weighted by Crippen LogP contribution is -2.27. The van der Waals surface area contributed by atoms with Crippen LogP contribution in [0, 0.1) is 17.2 Å². The summed E-state index contributed by atoms with van der Waals surface area (Å²) in [5.74, 6) is 0.187. The van der Waals surface area contributed by atoms with Gasteiger partial charge in [-0.05, 0) is 12.3 Å². The van der Waals surface area contributed by atoms with Crippen molar-refractivity contribution in [2.45, 2.75) is 33.6 Å². The first-order valence-corrected chi connectivity index (χ1v) is 5.73. The van der Waals surface area contributed by atoms with Crippen molar-refractivity contribution in [3.63, 3.8) is 0 Å². The third-order valence-corrected chi connectivity index (χ3v) is 1.95. The molecule has 1 amide bonds. The van der Waals surface area contributed by atoms with Crippen LogP contribution in [0.25, 0.3) is 0 Å². The minimum atomic E-state index is -0.299. The van der Waals surface area contributed by atoms with Crippen molar-refractivity contribution in [3.8, 4) is 6.07 Å². The molecule has 0 aromatic rings. The molecule has 2 N–H and O–H groups in total. The first-order valence-electron chi connectivity index (χ1n) is 5.73. The van der Waals surface area contributed by atoms with Gasteiger partial charge in [0.25, 0.3) is 5.91 Å². The van der Waals surface area contributed by atoms with Gasteiger partial charge in [-0.1, -0.05) is 27.2 Å². The smallest absolute Gasteiger partial charge is 0.263 e. The van der Waals surface area contributed by atoms with E-state index in [0.717, 1.165) is 19.4 Å². The van der Waals surface area contributed by atoms with Gasteiger partial charge in [0, 0.05) is 19.3 Å². The van der Waals surface area contributed by atoms with Crippen LogP contribution in [0.1, 0.15) is 33.6 Å². The summed E-state index contributed by atoms with van der Waals surface area (Å²) in [5.41, 5.74) is 0.136. The van der Waals surface area contributed by atoms with E-state index in [1.54, 1.807) is 0 Å². The molecule has 0 fully saturated rings. The van der Waals surface area contributed by atoms with E-state index in [2.05, 4.69) is 31.4 Å². The number of carbonyl (C=O) groups is 1. The van der Waals surface area contributed by atoms with Crippen molar-refractivity contribution in [2.24, 2.45) is 5.92 Å². The Hall–Kier alpha value is -1.50. The average molecular weight is 223 g/mol. The molecule has 0 aromatic carbocycles. The van der Waals surface area contributed by atoms with Crippen molar-refractivity contribution < 1.29 is 4.79 Å². The van der Waals surface area contributed by atoms with Crippen LogP contribution in [-0.4, -0.2) is 19.0 Å². The van der Waals surface area contributed by atoms with Gasteiger partial charge in [-0.3, -0.25) is 4.79 Å². The normalized spacial score (nSPS) is 11.1. The Kier molecular flexibility index (Phi) is 7.96. The molecule has 4 heteroatoms. The van der Waals surface area contributed by atoms with Crippen LogP contribution in [0.2, 0.25) is 0 Å². The minimum Gasteiger partial charge on any atom is -0.389 e. The highest BCUT2D eigenvalue weighted by molar-refractivity contribution is 5.97. The fourth-order valence-corrected chi connectivity index (χ4v) is 1.02. The number of nitrogens with zero attached hydrogens (tertiary/aromatic N) is 1. The zero-order valence-electron chi connectivity index (χ0n) is 10.3. The van der Waals surface area contributed by atoms with Gasteiger partial charge in [-0.15, -0.1) is 0 Å². The van der Waals surface area contributed by atoms with Gasteiger partial charge in [-0.2, -0.15) is 5.26 Å². The molecule has 16 heavy (non-hydrogen) atoms. The number of carbonyl (C=O) groups excluding carboxylic acids is 1. The number of hydrogen-bond acceptors (Lipinski definition) is 3. The second kappa shape index (κ2) is 8.78. The summed E-state index contributed by atoms with van der Waals surface area (Å²) in [6.45, 7) is 7.56. The quantitative estimate of drug-likeness (QED) is 0.391. The summed E-state index contributed by atoms with van der Waals surface area (Å²) in [6, 6.07) is 1.89. The summed E-state index contributed by atoms with van der Waals surface area (Å²) in [7, 11) is 0. The van der Waals surface area contributed by atoms with E-state index >= 15 is 0 Å². The van der Waals surface area contributed by atoms with Gasteiger partial charge in [0.1, 0.15) is 11.6 Å². The van der Waals surface area contributed by atoms with Crippen LogP contribution in [-0.2, 0) is 4.79 Å². The van der Waals surface area contributed by atoms with Crippen LogP contribution < -0.4 is 10.6 Å². The van der Waals surface area contributed by atoms with Gasteiger partial charge in [-0.25, -0.2) is 0 Å². The van der Waals surface area contributed by atoms with Crippen LogP contribution in [0.5, 0.6) is 0 Å². The van der Waals surface area contributed by atoms with E-state index in [0.29, 0.717) is 12.5 Å². The molecule has 0 bridgehead atoms. The average Bonchev–Trinajstić information content (AvgIpc) is 2.24. The second-order valence-electron chi connectivity index (χ2n) is 4.08. The number of nitriles is 1. The molecule has 0 aliphatic heterocycles. The lowest BCUT2D eigenvalue weighted by Gasteiger charge is -2.05. The third-order valence-electron chi connectivity index (χ3n) is 1.95. The van der Waals surface area contributed by atoms with Gasteiger partial charge in [0.05, 0.1) is 0 Å². The van der Waals surface area contributed by atoms with Crippen LogP contribution >= 0.6 is 0 Å². The standard InChI is InChI=1S/C12H21N3O/c1-4-5-6-15-12(16)11(7-13)9-14-8-10(2)3/h9-10,14H,4-6,8H2,1-3H3,(H,15,16)/b11-9-. The Morgan fingerprint density at radius 2 is 2.19 bits per heavy atom. The van der Waals surface area contributed by atoms with E-state index in [1.165, 1.54) is 6.20 Å². The summed E-state index contributed by atoms with van der Waals surface area (Å²) < 4.78 is 0. The molecular formula is C12H21N3O. The molecule has 0 radical (unpaired) electrons. The summed E-state index contributed by atoms with van der Waals surface area (Å²) in [6.07, 6.45) is 3.45. The van der Waals surface area contributed by atoms with Gasteiger partial charge >= 0.3 is 0 Å². The molecule has 0 aliphatic carbocycles. The molecule has 0 rings (SSSR count). The van der Waals surface area contributed by atoms with Gasteiger partial charge < -0.3 is 10.6 Å². The highest BCUT2D eigenvalue weighted by Gasteiger charge is 2.07. The molecule has 0 heterocycles. The number of rotatable bonds is 7. The van der Waals surface area contributed by atoms with Gasteiger partial charge in [0.15, 0.2) is 0 Å². The zero-order chi connectivity index (χ0) is 12.4. The highest BCUT2D eigenvalue weighted by Crippen LogP contribution is 1.93. The van der Waals surface area contributed by atoms with E-state index in [1.807, 2.05) is 6.07 Å². The Labute approximate surface area is 97.7 Å². The lowest BCUT2D eigenvalue weighted by atomic mass is 10.2. The summed E-state index contributed by atoms with van der Waals surface area (Å²) in [4.78, 5) is 11.5. The topological polar surface area (TPSA) is 64.9 Å². The molecule has 0 saturated carbocycles. The first-order chi connectivity index (χ1) is 7.61. The van der Waals surface area contributed by atoms with E-state index in [9.17, 15) is 4.79 Å². The Morgan fingerprint density at radius 3 is 2.69 bits per heavy atom. The number of nitrogens with one attached hydrogen (secondary N) is 2. The molecular weight excluding hydrogens is 202 g/mol. The Balaban J connectivity index is 4.06. The Morgan fingerprint density at radius 1 is 1.50 bits per heavy atom. The molecule has 0 aliphatic rings. The highest BCUT2D eigenvalue weighted by atomic mass is 16.1. The maximum Gasteiger partial charge on any atom is 0.263 e. The summed E-state index contributed by atoms with van der Waals surface area (Å²) in [5, 5.41) is 14.5. The van der Waals surface area contributed by atoms with Crippen molar-refractivity contribution in [1.29, 1.82) is 5.26 Å². The molecule has 0 atom stereocenters. The fraction of sp³-hybridized carbons (Fsp3) is 0.667. The van der Waals surface area contributed by atoms with Crippen molar-refractivity contribution in [1.82, 2.24) is 10.6 Å². The summed E-state index contributed by atoms with van der Waals surface area (Å²) >= 11 is 0. The molecule has 4 nitrogen and oxygen atoms in total. The maximum absolute atomic E-state index is 11.5.